The van der Waals surface area contributed by atoms with E-state index < -0.39 is 10.0 Å². The fourth-order valence-corrected chi connectivity index (χ4v) is 3.00. The summed E-state index contributed by atoms with van der Waals surface area (Å²) in [5.41, 5.74) is 1.03. The van der Waals surface area contributed by atoms with Crippen LogP contribution in [0, 0.1) is 0 Å². The smallest absolute Gasteiger partial charge is 0.214 e. The molecule has 0 spiro atoms. The summed E-state index contributed by atoms with van der Waals surface area (Å²) in [5, 5.41) is 2.56. The number of thiazole rings is 1. The molecule has 0 bridgehead atoms. The summed E-state index contributed by atoms with van der Waals surface area (Å²) in [7, 11) is -3.32. The first kappa shape index (κ1) is 15.1. The normalized spacial score (nSPS) is 11.6. The molecule has 0 radical (unpaired) electrons. The third-order valence-corrected chi connectivity index (χ3v) is 4.60. The zero-order chi connectivity index (χ0) is 14.3. The molecule has 1 heterocycles. The van der Waals surface area contributed by atoms with E-state index in [4.69, 9.17) is 4.74 Å². The number of ether oxygens (including phenoxy) is 1. The number of sulfonamides is 1. The predicted molar refractivity (Wildman–Crippen MR) is 78.8 cm³/mol. The van der Waals surface area contributed by atoms with Gasteiger partial charge in [0.2, 0.25) is 10.0 Å². The molecule has 0 aliphatic carbocycles. The van der Waals surface area contributed by atoms with Crippen LogP contribution in [0.3, 0.4) is 0 Å². The molecule has 1 aromatic heterocycles. The average Bonchev–Trinajstić information content (AvgIpc) is 2.96. The van der Waals surface area contributed by atoms with Gasteiger partial charge in [-0.3, -0.25) is 0 Å². The van der Waals surface area contributed by atoms with Crippen LogP contribution in [0.4, 0.5) is 0 Å². The molecule has 0 saturated carbocycles. The van der Waals surface area contributed by atoms with Crippen LogP contribution in [0.2, 0.25) is 0 Å². The van der Waals surface area contributed by atoms with Crippen LogP contribution in [0.25, 0.3) is 0 Å². The summed E-state index contributed by atoms with van der Waals surface area (Å²) in [6, 6.07) is 9.65. The molecular weight excluding hydrogens is 296 g/mol. The predicted octanol–water partition coefficient (Wildman–Crippen LogP) is 1.78. The van der Waals surface area contributed by atoms with Crippen molar-refractivity contribution in [3.05, 3.63) is 52.5 Å². The highest BCUT2D eigenvalue weighted by atomic mass is 32.2. The van der Waals surface area contributed by atoms with Crippen molar-refractivity contribution in [2.24, 2.45) is 0 Å². The average molecular weight is 312 g/mol. The highest BCUT2D eigenvalue weighted by molar-refractivity contribution is 7.89. The maximum absolute atomic E-state index is 11.7. The van der Waals surface area contributed by atoms with E-state index in [0.717, 1.165) is 10.6 Å². The SMILES string of the molecule is O=S(=O)(CCOCc1ccccc1)NCc1nccs1. The van der Waals surface area contributed by atoms with Gasteiger partial charge in [0.1, 0.15) is 5.01 Å². The molecule has 0 fully saturated rings. The van der Waals surface area contributed by atoms with Gasteiger partial charge in [-0.25, -0.2) is 18.1 Å². The first-order valence-corrected chi connectivity index (χ1v) is 8.66. The second kappa shape index (κ2) is 7.49. The first-order valence-electron chi connectivity index (χ1n) is 6.13. The summed E-state index contributed by atoms with van der Waals surface area (Å²) in [4.78, 5) is 4.02. The van der Waals surface area contributed by atoms with Gasteiger partial charge in [-0.1, -0.05) is 30.3 Å². The lowest BCUT2D eigenvalue weighted by Gasteiger charge is -2.06. The van der Waals surface area contributed by atoms with E-state index in [1.807, 2.05) is 35.7 Å². The largest absolute Gasteiger partial charge is 0.376 e. The zero-order valence-electron chi connectivity index (χ0n) is 10.9. The third-order valence-electron chi connectivity index (χ3n) is 2.53. The molecule has 0 unspecified atom stereocenters. The van der Waals surface area contributed by atoms with Gasteiger partial charge in [0, 0.05) is 11.6 Å². The van der Waals surface area contributed by atoms with Crippen molar-refractivity contribution >= 4 is 21.4 Å². The third kappa shape index (κ3) is 5.38. The summed E-state index contributed by atoms with van der Waals surface area (Å²) < 4.78 is 31.3. The minimum absolute atomic E-state index is 0.0504. The number of benzene rings is 1. The Balaban J connectivity index is 1.67. The van der Waals surface area contributed by atoms with Gasteiger partial charge >= 0.3 is 0 Å². The molecule has 20 heavy (non-hydrogen) atoms. The van der Waals surface area contributed by atoms with Crippen molar-refractivity contribution in [2.45, 2.75) is 13.2 Å². The second-order valence-electron chi connectivity index (χ2n) is 4.10. The lowest BCUT2D eigenvalue weighted by Crippen LogP contribution is -2.27. The van der Waals surface area contributed by atoms with Gasteiger partial charge in [0.05, 0.1) is 25.5 Å². The zero-order valence-corrected chi connectivity index (χ0v) is 12.5. The summed E-state index contributed by atoms with van der Waals surface area (Å²) in [6.07, 6.45) is 1.65. The molecule has 108 valence electrons. The Hall–Kier alpha value is -1.28. The molecule has 0 aliphatic heterocycles. The van der Waals surface area contributed by atoms with E-state index in [9.17, 15) is 8.42 Å². The maximum atomic E-state index is 11.7. The molecule has 2 aromatic rings. The van der Waals surface area contributed by atoms with E-state index in [2.05, 4.69) is 9.71 Å². The Labute approximate surface area is 122 Å². The quantitative estimate of drug-likeness (QED) is 0.755. The lowest BCUT2D eigenvalue weighted by atomic mass is 10.2. The highest BCUT2D eigenvalue weighted by Gasteiger charge is 2.10. The number of hydrogen-bond acceptors (Lipinski definition) is 5. The highest BCUT2D eigenvalue weighted by Crippen LogP contribution is 2.04. The van der Waals surface area contributed by atoms with Crippen LogP contribution in [0.1, 0.15) is 10.6 Å². The van der Waals surface area contributed by atoms with Crippen LogP contribution in [0.5, 0.6) is 0 Å². The minimum atomic E-state index is -3.32. The standard InChI is InChI=1S/C13H16N2O3S2/c16-20(17,15-10-13-14-6-8-19-13)9-7-18-11-12-4-2-1-3-5-12/h1-6,8,15H,7,9-11H2. The Morgan fingerprint density at radius 1 is 1.25 bits per heavy atom. The molecule has 0 amide bonds. The molecule has 0 atom stereocenters. The van der Waals surface area contributed by atoms with Crippen molar-refractivity contribution in [2.75, 3.05) is 12.4 Å². The molecule has 5 nitrogen and oxygen atoms in total. The van der Waals surface area contributed by atoms with Gasteiger partial charge in [0.15, 0.2) is 0 Å². The molecule has 0 aliphatic rings. The van der Waals surface area contributed by atoms with E-state index in [1.54, 1.807) is 6.20 Å². The fraction of sp³-hybridized carbons (Fsp3) is 0.308. The summed E-state index contributed by atoms with van der Waals surface area (Å²) in [6.45, 7) is 0.823. The van der Waals surface area contributed by atoms with Gasteiger partial charge in [-0.2, -0.15) is 0 Å². The van der Waals surface area contributed by atoms with Crippen LogP contribution in [-0.4, -0.2) is 25.8 Å². The maximum Gasteiger partial charge on any atom is 0.214 e. The first-order chi connectivity index (χ1) is 9.66. The molecule has 1 N–H and O–H groups in total. The molecule has 2 rings (SSSR count). The van der Waals surface area contributed by atoms with E-state index in [0.29, 0.717) is 6.61 Å². The lowest BCUT2D eigenvalue weighted by molar-refractivity contribution is 0.135. The van der Waals surface area contributed by atoms with Gasteiger partial charge in [-0.15, -0.1) is 11.3 Å². The van der Waals surface area contributed by atoms with Crippen molar-refractivity contribution in [1.29, 1.82) is 0 Å². The molecule has 7 heteroatoms. The Bertz CT molecular complexity index is 598. The van der Waals surface area contributed by atoms with Crippen molar-refractivity contribution in [3.63, 3.8) is 0 Å². The number of aromatic nitrogens is 1. The Morgan fingerprint density at radius 2 is 2.05 bits per heavy atom. The van der Waals surface area contributed by atoms with Crippen molar-refractivity contribution in [1.82, 2.24) is 9.71 Å². The van der Waals surface area contributed by atoms with Crippen molar-refractivity contribution < 1.29 is 13.2 Å². The van der Waals surface area contributed by atoms with E-state index in [-0.39, 0.29) is 18.9 Å². The van der Waals surface area contributed by atoms with E-state index >= 15 is 0 Å². The van der Waals surface area contributed by atoms with Crippen molar-refractivity contribution in [3.8, 4) is 0 Å². The Kier molecular flexibility index (Phi) is 5.66. The number of hydrogen-bond donors (Lipinski definition) is 1. The minimum Gasteiger partial charge on any atom is -0.376 e. The van der Waals surface area contributed by atoms with Gasteiger partial charge in [-0.05, 0) is 5.56 Å². The van der Waals surface area contributed by atoms with Crippen LogP contribution >= 0.6 is 11.3 Å². The van der Waals surface area contributed by atoms with Gasteiger partial charge < -0.3 is 4.74 Å². The molecule has 0 saturated heterocycles. The molecule has 1 aromatic carbocycles. The van der Waals surface area contributed by atoms with Crippen LogP contribution in [0.15, 0.2) is 41.9 Å². The fourth-order valence-electron chi connectivity index (χ4n) is 1.52. The van der Waals surface area contributed by atoms with E-state index in [1.165, 1.54) is 11.3 Å². The summed E-state index contributed by atoms with van der Waals surface area (Å²) >= 11 is 1.42. The monoisotopic (exact) mass is 312 g/mol. The second-order valence-corrected chi connectivity index (χ2v) is 7.01. The number of nitrogens with one attached hydrogen (secondary N) is 1. The topological polar surface area (TPSA) is 68.3 Å². The Morgan fingerprint density at radius 3 is 2.75 bits per heavy atom. The van der Waals surface area contributed by atoms with Crippen LogP contribution < -0.4 is 4.72 Å². The van der Waals surface area contributed by atoms with Gasteiger partial charge in [0.25, 0.3) is 0 Å². The number of rotatable bonds is 8. The van der Waals surface area contributed by atoms with Crippen LogP contribution in [-0.2, 0) is 27.9 Å². The number of nitrogens with zero attached hydrogens (tertiary/aromatic N) is 1. The summed E-state index contributed by atoms with van der Waals surface area (Å²) in [5.74, 6) is -0.0504. The molecular formula is C13H16N2O3S2.